The minimum absolute atomic E-state index is 0.112. The second-order valence-corrected chi connectivity index (χ2v) is 6.90. The number of ether oxygens (including phenoxy) is 1. The molecule has 9 nitrogen and oxygen atoms in total. The van der Waals surface area contributed by atoms with Gasteiger partial charge in [0.2, 0.25) is 5.95 Å². The van der Waals surface area contributed by atoms with E-state index in [9.17, 15) is 9.59 Å². The molecule has 1 aliphatic heterocycles. The topological polar surface area (TPSA) is 116 Å². The average Bonchev–Trinajstić information content (AvgIpc) is 2.84. The molecule has 3 heterocycles. The highest BCUT2D eigenvalue weighted by Gasteiger charge is 2.18. The van der Waals surface area contributed by atoms with E-state index in [1.807, 2.05) is 13.8 Å². The second kappa shape index (κ2) is 8.32. The number of esters is 1. The van der Waals surface area contributed by atoms with Crippen molar-refractivity contribution in [1.82, 2.24) is 24.5 Å². The first-order chi connectivity index (χ1) is 13.0. The van der Waals surface area contributed by atoms with Crippen LogP contribution >= 0.6 is 0 Å². The summed E-state index contributed by atoms with van der Waals surface area (Å²) in [7, 11) is 0. The summed E-state index contributed by atoms with van der Waals surface area (Å²) in [5.74, 6) is 0.0967. The molecule has 1 fully saturated rings. The number of hydrogen-bond acceptors (Lipinski definition) is 7. The van der Waals surface area contributed by atoms with Crippen molar-refractivity contribution < 1.29 is 14.3 Å². The monoisotopic (exact) mass is 374 g/mol. The number of aromatic nitrogens is 4. The Balaban J connectivity index is 1.54. The van der Waals surface area contributed by atoms with Crippen LogP contribution in [0.5, 0.6) is 0 Å². The van der Waals surface area contributed by atoms with Crippen molar-refractivity contribution in [3.05, 3.63) is 17.0 Å². The second-order valence-electron chi connectivity index (χ2n) is 6.90. The summed E-state index contributed by atoms with van der Waals surface area (Å²) in [5, 5.41) is 4.11. The highest BCUT2D eigenvalue weighted by molar-refractivity contribution is 5.80. The SMILES string of the molecule is Cc1nc2nc(N)nn2c(C)c1CCC(=O)OCC(=O)N1CCCCCC1. The molecule has 1 aliphatic rings. The maximum Gasteiger partial charge on any atom is 0.306 e. The van der Waals surface area contributed by atoms with Crippen molar-refractivity contribution in [2.24, 2.45) is 0 Å². The molecule has 0 atom stereocenters. The molecule has 0 unspecified atom stereocenters. The molecule has 0 saturated carbocycles. The lowest BCUT2D eigenvalue weighted by atomic mass is 10.1. The third-order valence-electron chi connectivity index (χ3n) is 4.96. The van der Waals surface area contributed by atoms with Gasteiger partial charge in [-0.15, -0.1) is 5.10 Å². The van der Waals surface area contributed by atoms with E-state index < -0.39 is 5.97 Å². The van der Waals surface area contributed by atoms with Crippen LogP contribution in [-0.4, -0.2) is 56.1 Å². The van der Waals surface area contributed by atoms with Gasteiger partial charge in [-0.1, -0.05) is 12.8 Å². The quantitative estimate of drug-likeness (QED) is 0.782. The number of likely N-dealkylation sites (tertiary alicyclic amines) is 1. The molecule has 3 rings (SSSR count). The van der Waals surface area contributed by atoms with E-state index >= 15 is 0 Å². The van der Waals surface area contributed by atoms with E-state index in [-0.39, 0.29) is 24.9 Å². The van der Waals surface area contributed by atoms with E-state index in [0.29, 0.717) is 12.2 Å². The van der Waals surface area contributed by atoms with Crippen LogP contribution in [0.4, 0.5) is 5.95 Å². The molecule has 0 radical (unpaired) electrons. The first kappa shape index (κ1) is 19.1. The zero-order valence-electron chi connectivity index (χ0n) is 15.9. The largest absolute Gasteiger partial charge is 0.456 e. The minimum Gasteiger partial charge on any atom is -0.456 e. The first-order valence-corrected chi connectivity index (χ1v) is 9.37. The lowest BCUT2D eigenvalue weighted by Crippen LogP contribution is -2.35. The van der Waals surface area contributed by atoms with Gasteiger partial charge in [-0.25, -0.2) is 4.98 Å². The maximum atomic E-state index is 12.2. The van der Waals surface area contributed by atoms with Crippen LogP contribution in [0, 0.1) is 13.8 Å². The van der Waals surface area contributed by atoms with Crippen LogP contribution in [0.2, 0.25) is 0 Å². The number of carbonyl (C=O) groups is 2. The number of nitrogen functional groups attached to an aromatic ring is 1. The Kier molecular flexibility index (Phi) is 5.88. The zero-order chi connectivity index (χ0) is 19.4. The Morgan fingerprint density at radius 3 is 2.52 bits per heavy atom. The van der Waals surface area contributed by atoms with Gasteiger partial charge in [-0.05, 0) is 38.7 Å². The van der Waals surface area contributed by atoms with Crippen molar-refractivity contribution in [3.63, 3.8) is 0 Å². The molecule has 2 aromatic rings. The van der Waals surface area contributed by atoms with Crippen molar-refractivity contribution in [2.45, 2.75) is 52.4 Å². The van der Waals surface area contributed by atoms with Crippen LogP contribution in [0.25, 0.3) is 5.78 Å². The summed E-state index contributed by atoms with van der Waals surface area (Å²) in [6.07, 6.45) is 4.96. The van der Waals surface area contributed by atoms with Gasteiger partial charge in [0, 0.05) is 30.9 Å². The normalized spacial score (nSPS) is 15.0. The van der Waals surface area contributed by atoms with E-state index in [2.05, 4.69) is 15.1 Å². The number of amides is 1. The van der Waals surface area contributed by atoms with Crippen LogP contribution in [0.3, 0.4) is 0 Å². The molecule has 146 valence electrons. The molecule has 2 aromatic heterocycles. The molecule has 1 saturated heterocycles. The Hall–Kier alpha value is -2.71. The molecule has 0 spiro atoms. The molecular formula is C18H26N6O3. The zero-order valence-corrected chi connectivity index (χ0v) is 15.9. The van der Waals surface area contributed by atoms with Crippen molar-refractivity contribution >= 4 is 23.6 Å². The molecule has 1 amide bonds. The van der Waals surface area contributed by atoms with Gasteiger partial charge in [-0.3, -0.25) is 9.59 Å². The highest BCUT2D eigenvalue weighted by Crippen LogP contribution is 2.16. The molecule has 0 aromatic carbocycles. The number of nitrogens with zero attached hydrogens (tertiary/aromatic N) is 5. The van der Waals surface area contributed by atoms with Crippen LogP contribution in [0.15, 0.2) is 0 Å². The lowest BCUT2D eigenvalue weighted by molar-refractivity contribution is -0.152. The Morgan fingerprint density at radius 1 is 1.11 bits per heavy atom. The third-order valence-corrected chi connectivity index (χ3v) is 4.96. The van der Waals surface area contributed by atoms with Gasteiger partial charge in [-0.2, -0.15) is 9.50 Å². The predicted molar refractivity (Wildman–Crippen MR) is 99.0 cm³/mol. The number of nitrogens with two attached hydrogens (primary N) is 1. The highest BCUT2D eigenvalue weighted by atomic mass is 16.5. The number of anilines is 1. The summed E-state index contributed by atoms with van der Waals surface area (Å²) >= 11 is 0. The number of hydrogen-bond donors (Lipinski definition) is 1. The Bertz CT molecular complexity index is 839. The van der Waals surface area contributed by atoms with Crippen LogP contribution < -0.4 is 5.73 Å². The predicted octanol–water partition coefficient (Wildman–Crippen LogP) is 1.20. The van der Waals surface area contributed by atoms with Gasteiger partial charge < -0.3 is 15.4 Å². The summed E-state index contributed by atoms with van der Waals surface area (Å²) in [5.41, 5.74) is 8.15. The minimum atomic E-state index is -0.393. The lowest BCUT2D eigenvalue weighted by Gasteiger charge is -2.20. The van der Waals surface area contributed by atoms with Gasteiger partial charge in [0.05, 0.1) is 0 Å². The number of rotatable bonds is 5. The van der Waals surface area contributed by atoms with Gasteiger partial charge in [0.15, 0.2) is 6.61 Å². The standard InChI is InChI=1S/C18H26N6O3/c1-12-14(13(2)24-18(20-12)21-17(19)22-24)7-8-16(26)27-11-15(25)23-9-5-3-4-6-10-23/h3-11H2,1-2H3,(H2,19,22). The van der Waals surface area contributed by atoms with E-state index in [0.717, 1.165) is 55.7 Å². The first-order valence-electron chi connectivity index (χ1n) is 9.37. The Labute approximate surface area is 157 Å². The fraction of sp³-hybridized carbons (Fsp3) is 0.611. The molecular weight excluding hydrogens is 348 g/mol. The molecule has 27 heavy (non-hydrogen) atoms. The molecule has 0 bridgehead atoms. The third kappa shape index (κ3) is 4.53. The van der Waals surface area contributed by atoms with Gasteiger partial charge >= 0.3 is 5.97 Å². The maximum absolute atomic E-state index is 12.2. The van der Waals surface area contributed by atoms with E-state index in [1.165, 1.54) is 0 Å². The van der Waals surface area contributed by atoms with Gasteiger partial charge in [0.1, 0.15) is 0 Å². The summed E-state index contributed by atoms with van der Waals surface area (Å²) in [4.78, 5) is 34.5. The number of fused-ring (bicyclic) bond motifs is 1. The average molecular weight is 374 g/mol. The van der Waals surface area contributed by atoms with Gasteiger partial charge in [0.25, 0.3) is 11.7 Å². The molecule has 9 heteroatoms. The van der Waals surface area contributed by atoms with E-state index in [4.69, 9.17) is 10.5 Å². The van der Waals surface area contributed by atoms with Crippen molar-refractivity contribution in [1.29, 1.82) is 0 Å². The van der Waals surface area contributed by atoms with Crippen molar-refractivity contribution in [2.75, 3.05) is 25.4 Å². The fourth-order valence-electron chi connectivity index (χ4n) is 3.44. The number of carbonyl (C=O) groups excluding carboxylic acids is 2. The smallest absolute Gasteiger partial charge is 0.306 e. The fourth-order valence-corrected chi connectivity index (χ4v) is 3.44. The van der Waals surface area contributed by atoms with Crippen molar-refractivity contribution in [3.8, 4) is 0 Å². The van der Waals surface area contributed by atoms with Crippen LogP contribution in [-0.2, 0) is 20.7 Å². The summed E-state index contributed by atoms with van der Waals surface area (Å²) in [6, 6.07) is 0. The summed E-state index contributed by atoms with van der Waals surface area (Å²) < 4.78 is 6.76. The number of aryl methyl sites for hydroxylation is 2. The summed E-state index contributed by atoms with van der Waals surface area (Å²) in [6.45, 7) is 5.07. The van der Waals surface area contributed by atoms with E-state index in [1.54, 1.807) is 9.42 Å². The molecule has 0 aliphatic carbocycles. The molecule has 2 N–H and O–H groups in total. The van der Waals surface area contributed by atoms with Crippen LogP contribution in [0.1, 0.15) is 49.1 Å². The Morgan fingerprint density at radius 2 is 1.81 bits per heavy atom.